The molecule has 1 aromatic carbocycles. The summed E-state index contributed by atoms with van der Waals surface area (Å²) in [5, 5.41) is 11.9. The summed E-state index contributed by atoms with van der Waals surface area (Å²) in [7, 11) is 0. The van der Waals surface area contributed by atoms with Gasteiger partial charge in [-0.15, -0.1) is 0 Å². The molecule has 0 saturated carbocycles. The number of rotatable bonds is 3. The molecule has 27 heavy (non-hydrogen) atoms. The van der Waals surface area contributed by atoms with Crippen LogP contribution >= 0.6 is 0 Å². The van der Waals surface area contributed by atoms with Gasteiger partial charge in [0.1, 0.15) is 0 Å². The summed E-state index contributed by atoms with van der Waals surface area (Å²) in [6, 6.07) is 3.32. The number of hydrogen-bond donors (Lipinski definition) is 2. The van der Waals surface area contributed by atoms with Gasteiger partial charge in [-0.1, -0.05) is 0 Å². The normalized spacial score (nSPS) is 14.7. The van der Waals surface area contributed by atoms with E-state index in [1.807, 2.05) is 20.8 Å². The summed E-state index contributed by atoms with van der Waals surface area (Å²) in [4.78, 5) is 19.9. The van der Waals surface area contributed by atoms with E-state index in [2.05, 4.69) is 15.1 Å². The minimum atomic E-state index is -4.93. The van der Waals surface area contributed by atoms with Crippen LogP contribution in [0.25, 0.3) is 15.9 Å². The molecule has 1 amide bonds. The average Bonchev–Trinajstić information content (AvgIpc) is 2.80. The first-order valence-electron chi connectivity index (χ1n) is 8.17. The number of carbonyl (C=O) groups is 1. The largest absolute Gasteiger partial charge is 0.417 e. The van der Waals surface area contributed by atoms with E-state index < -0.39 is 29.6 Å². The predicted octanol–water partition coefficient (Wildman–Crippen LogP) is 4.29. The number of imidazole rings is 1. The Hall–Kier alpha value is -2.60. The number of benzene rings is 1. The smallest absolute Gasteiger partial charge is 0.380 e. The number of amides is 1. The number of halogens is 3. The molecule has 0 radical (unpaired) electrons. The van der Waals surface area contributed by atoms with Gasteiger partial charge in [0.05, 0.1) is 24.0 Å². The molecule has 6 nitrogen and oxygen atoms in total. The number of nitrogens with zero attached hydrogens (tertiary/aromatic N) is 3. The van der Waals surface area contributed by atoms with Gasteiger partial charge in [0.15, 0.2) is 11.3 Å². The molecule has 0 aliphatic rings. The van der Waals surface area contributed by atoms with E-state index in [0.29, 0.717) is 29.2 Å². The van der Waals surface area contributed by atoms with E-state index in [-0.39, 0.29) is 5.95 Å². The number of nitrogens with one attached hydrogen (secondary N) is 1. The summed E-state index contributed by atoms with van der Waals surface area (Å²) in [6.45, 7) is 15.1. The molecular formula is C18H21F3N4O2. The zero-order valence-corrected chi connectivity index (χ0v) is 15.7. The lowest BCUT2D eigenvalue weighted by Gasteiger charge is -2.27. The van der Waals surface area contributed by atoms with Crippen molar-refractivity contribution in [3.8, 4) is 0 Å². The van der Waals surface area contributed by atoms with E-state index in [1.54, 1.807) is 23.6 Å². The maximum absolute atomic E-state index is 12.8. The molecule has 0 spiro atoms. The van der Waals surface area contributed by atoms with Crippen molar-refractivity contribution < 1.29 is 23.1 Å². The lowest BCUT2D eigenvalue weighted by Crippen LogP contribution is -2.45. The second-order valence-corrected chi connectivity index (χ2v) is 7.68. The van der Waals surface area contributed by atoms with Gasteiger partial charge in [0.25, 0.3) is 0 Å². The van der Waals surface area contributed by atoms with Crippen LogP contribution in [0.1, 0.15) is 39.7 Å². The molecular weight excluding hydrogens is 361 g/mol. The summed E-state index contributed by atoms with van der Waals surface area (Å²) < 4.78 is 40.1. The van der Waals surface area contributed by atoms with Crippen LogP contribution in [-0.2, 0) is 10.3 Å². The molecule has 1 atom stereocenters. The van der Waals surface area contributed by atoms with Gasteiger partial charge in [-0.25, -0.2) is 9.83 Å². The van der Waals surface area contributed by atoms with Gasteiger partial charge in [-0.3, -0.25) is 10.1 Å². The molecule has 0 fully saturated rings. The highest BCUT2D eigenvalue weighted by Gasteiger charge is 2.51. The maximum atomic E-state index is 12.8. The molecule has 1 aromatic heterocycles. The van der Waals surface area contributed by atoms with E-state index >= 15 is 0 Å². The zero-order valence-electron chi connectivity index (χ0n) is 15.7. The van der Waals surface area contributed by atoms with Crippen molar-refractivity contribution >= 4 is 28.6 Å². The van der Waals surface area contributed by atoms with Crippen molar-refractivity contribution in [2.75, 3.05) is 5.32 Å². The first-order valence-corrected chi connectivity index (χ1v) is 8.17. The Balaban J connectivity index is 2.50. The Bertz CT molecular complexity index is 931. The third-order valence-electron chi connectivity index (χ3n) is 4.13. The molecule has 0 aliphatic heterocycles. The van der Waals surface area contributed by atoms with Crippen LogP contribution in [0.2, 0.25) is 0 Å². The molecule has 2 N–H and O–H groups in total. The van der Waals surface area contributed by atoms with Crippen molar-refractivity contribution in [1.82, 2.24) is 9.55 Å². The Morgan fingerprint density at radius 1 is 1.30 bits per heavy atom. The van der Waals surface area contributed by atoms with Crippen LogP contribution in [0, 0.1) is 13.5 Å². The fourth-order valence-corrected chi connectivity index (χ4v) is 2.68. The van der Waals surface area contributed by atoms with Gasteiger partial charge < -0.3 is 9.67 Å². The predicted molar refractivity (Wildman–Crippen MR) is 95.7 cm³/mol. The van der Waals surface area contributed by atoms with Crippen molar-refractivity contribution in [3.63, 3.8) is 0 Å². The summed E-state index contributed by atoms with van der Waals surface area (Å²) in [5.41, 5.74) is -1.51. The third kappa shape index (κ3) is 4.06. The molecule has 2 rings (SSSR count). The standard InChI is InChI=1S/C18H21F3N4O2/c1-10-7-12-13(8-11(10)22-6)25(16(2,3)4)15(23-12)24-14(26)9-17(5,27)18(19,20)21/h7-8,27H,9H2,1-5H3,(H,23,24,26)/t17-/m1/s1. The highest BCUT2D eigenvalue weighted by molar-refractivity contribution is 5.93. The number of aryl methyl sites for hydroxylation is 1. The van der Waals surface area contributed by atoms with Crippen molar-refractivity contribution in [3.05, 3.63) is 29.1 Å². The Morgan fingerprint density at radius 3 is 2.37 bits per heavy atom. The highest BCUT2D eigenvalue weighted by atomic mass is 19.4. The molecule has 0 unspecified atom stereocenters. The minimum Gasteiger partial charge on any atom is -0.380 e. The zero-order chi connectivity index (χ0) is 20.8. The quantitative estimate of drug-likeness (QED) is 0.778. The summed E-state index contributed by atoms with van der Waals surface area (Å²) in [5.74, 6) is -0.956. The lowest BCUT2D eigenvalue weighted by atomic mass is 10.0. The van der Waals surface area contributed by atoms with Gasteiger partial charge >= 0.3 is 6.18 Å². The van der Waals surface area contributed by atoms with Gasteiger partial charge in [-0.05, 0) is 52.3 Å². The number of aromatic nitrogens is 2. The molecule has 1 heterocycles. The molecule has 2 aromatic rings. The van der Waals surface area contributed by atoms with Crippen LogP contribution in [0.3, 0.4) is 0 Å². The number of anilines is 1. The van der Waals surface area contributed by atoms with Crippen LogP contribution in [0.4, 0.5) is 24.8 Å². The lowest BCUT2D eigenvalue weighted by molar-refractivity contribution is -0.253. The van der Waals surface area contributed by atoms with Crippen LogP contribution in [-0.4, -0.2) is 32.3 Å². The van der Waals surface area contributed by atoms with E-state index in [1.165, 1.54) is 0 Å². The van der Waals surface area contributed by atoms with Crippen molar-refractivity contribution in [1.29, 1.82) is 0 Å². The monoisotopic (exact) mass is 382 g/mol. The van der Waals surface area contributed by atoms with Crippen LogP contribution < -0.4 is 5.32 Å². The first-order chi connectivity index (χ1) is 12.2. The third-order valence-corrected chi connectivity index (χ3v) is 4.13. The first kappa shape index (κ1) is 20.7. The van der Waals surface area contributed by atoms with E-state index in [9.17, 15) is 23.1 Å². The summed E-state index contributed by atoms with van der Waals surface area (Å²) >= 11 is 0. The van der Waals surface area contributed by atoms with Crippen LogP contribution in [0.15, 0.2) is 12.1 Å². The fraction of sp³-hybridized carbons (Fsp3) is 0.500. The van der Waals surface area contributed by atoms with E-state index in [4.69, 9.17) is 6.57 Å². The Kier molecular flexibility index (Phi) is 5.01. The molecule has 0 aliphatic carbocycles. The van der Waals surface area contributed by atoms with Gasteiger partial charge in [-0.2, -0.15) is 13.2 Å². The average molecular weight is 382 g/mol. The number of alkyl halides is 3. The second-order valence-electron chi connectivity index (χ2n) is 7.68. The van der Waals surface area contributed by atoms with Gasteiger partial charge in [0.2, 0.25) is 11.9 Å². The second kappa shape index (κ2) is 6.53. The molecule has 0 saturated heterocycles. The number of fused-ring (bicyclic) bond motifs is 1. The maximum Gasteiger partial charge on any atom is 0.417 e. The molecule has 9 heteroatoms. The number of carbonyl (C=O) groups excluding carboxylic acids is 1. The highest BCUT2D eigenvalue weighted by Crippen LogP contribution is 2.35. The number of aliphatic hydroxyl groups is 1. The topological polar surface area (TPSA) is 71.5 Å². The van der Waals surface area contributed by atoms with Crippen LogP contribution in [0.5, 0.6) is 0 Å². The van der Waals surface area contributed by atoms with Crippen molar-refractivity contribution in [2.24, 2.45) is 0 Å². The number of hydrogen-bond acceptors (Lipinski definition) is 3. The van der Waals surface area contributed by atoms with E-state index in [0.717, 1.165) is 0 Å². The molecule has 0 bridgehead atoms. The Morgan fingerprint density at radius 2 is 1.89 bits per heavy atom. The fourth-order valence-electron chi connectivity index (χ4n) is 2.68. The Labute approximate surface area is 154 Å². The molecule has 146 valence electrons. The van der Waals surface area contributed by atoms with Gasteiger partial charge in [0, 0.05) is 5.54 Å². The SMILES string of the molecule is [C-]#[N+]c1cc2c(cc1C)nc(NC(=O)C[C@@](C)(O)C(F)(F)F)n2C(C)(C)C. The van der Waals surface area contributed by atoms with Crippen molar-refractivity contribution in [2.45, 2.75) is 58.4 Å². The minimum absolute atomic E-state index is 0.0574. The summed E-state index contributed by atoms with van der Waals surface area (Å²) in [6.07, 6.45) is -6.09.